The highest BCUT2D eigenvalue weighted by Crippen LogP contribution is 2.31. The lowest BCUT2D eigenvalue weighted by molar-refractivity contribution is -0.222. The molecule has 7 heteroatoms. The number of hydrogen-bond acceptors (Lipinski definition) is 2. The number of benzene rings is 1. The number of rotatable bonds is 3. The molecule has 1 aromatic rings. The molecule has 1 saturated heterocycles. The Hall–Kier alpha value is -1.89. The minimum Gasteiger partial charge on any atom is -0.383 e. The second-order valence-electron chi connectivity index (χ2n) is 5.54. The third kappa shape index (κ3) is 4.79. The number of likely N-dealkylation sites (tertiary alicyclic amines) is 1. The van der Waals surface area contributed by atoms with Crippen molar-refractivity contribution in [2.24, 2.45) is 5.92 Å². The highest BCUT2D eigenvalue weighted by molar-refractivity contribution is 5.91. The first-order valence-electron chi connectivity index (χ1n) is 7.24. The molecule has 0 aliphatic carbocycles. The summed E-state index contributed by atoms with van der Waals surface area (Å²) in [5.74, 6) is -1.64. The Kier molecular flexibility index (Phi) is 5.41. The fourth-order valence-electron chi connectivity index (χ4n) is 2.59. The minimum absolute atomic E-state index is 0.0974. The zero-order valence-electron chi connectivity index (χ0n) is 12.3. The molecule has 1 atom stereocenters. The maximum atomic E-state index is 13.0. The van der Waals surface area contributed by atoms with E-state index in [0.29, 0.717) is 5.56 Å². The Morgan fingerprint density at radius 1 is 1.30 bits per heavy atom. The smallest absolute Gasteiger partial charge is 0.383 e. The molecule has 0 aromatic heterocycles. The SMILES string of the molecule is O=C(/C=C/c1cccc(F)c1)N1CCC(C(O)C(F)(F)F)CC1. The highest BCUT2D eigenvalue weighted by atomic mass is 19.4. The summed E-state index contributed by atoms with van der Waals surface area (Å²) in [6, 6.07) is 5.72. The number of aliphatic hydroxyl groups is 1. The van der Waals surface area contributed by atoms with Crippen molar-refractivity contribution in [1.82, 2.24) is 4.90 Å². The van der Waals surface area contributed by atoms with Gasteiger partial charge in [-0.1, -0.05) is 12.1 Å². The summed E-state index contributed by atoms with van der Waals surface area (Å²) in [7, 11) is 0. The van der Waals surface area contributed by atoms with Crippen LogP contribution < -0.4 is 0 Å². The second kappa shape index (κ2) is 7.12. The van der Waals surface area contributed by atoms with E-state index >= 15 is 0 Å². The number of alkyl halides is 3. The Bertz CT molecular complexity index is 578. The van der Waals surface area contributed by atoms with Crippen LogP contribution in [-0.2, 0) is 4.79 Å². The van der Waals surface area contributed by atoms with Gasteiger partial charge in [0.1, 0.15) is 5.82 Å². The fourth-order valence-corrected chi connectivity index (χ4v) is 2.59. The van der Waals surface area contributed by atoms with Crippen LogP contribution in [0.2, 0.25) is 0 Å². The van der Waals surface area contributed by atoms with Crippen molar-refractivity contribution in [3.63, 3.8) is 0 Å². The van der Waals surface area contributed by atoms with Gasteiger partial charge in [-0.05, 0) is 42.5 Å². The molecule has 0 bridgehead atoms. The predicted octanol–water partition coefficient (Wildman–Crippen LogP) is 3.00. The summed E-state index contributed by atoms with van der Waals surface area (Å²) in [5.41, 5.74) is 0.528. The maximum Gasteiger partial charge on any atom is 0.414 e. The van der Waals surface area contributed by atoms with E-state index in [1.807, 2.05) is 0 Å². The number of nitrogens with zero attached hydrogens (tertiary/aromatic N) is 1. The van der Waals surface area contributed by atoms with Gasteiger partial charge in [0.25, 0.3) is 0 Å². The van der Waals surface area contributed by atoms with Gasteiger partial charge in [-0.15, -0.1) is 0 Å². The lowest BCUT2D eigenvalue weighted by Gasteiger charge is -2.34. The van der Waals surface area contributed by atoms with E-state index in [9.17, 15) is 27.5 Å². The first-order valence-corrected chi connectivity index (χ1v) is 7.24. The summed E-state index contributed by atoms with van der Waals surface area (Å²) in [5, 5.41) is 9.24. The highest BCUT2D eigenvalue weighted by Gasteiger charge is 2.44. The van der Waals surface area contributed by atoms with Crippen molar-refractivity contribution in [3.8, 4) is 0 Å². The molecule has 1 heterocycles. The predicted molar refractivity (Wildman–Crippen MR) is 76.8 cm³/mol. The number of piperidine rings is 1. The molecule has 1 aliphatic rings. The molecular formula is C16H17F4NO2. The van der Waals surface area contributed by atoms with Crippen LogP contribution in [0.15, 0.2) is 30.3 Å². The average Bonchev–Trinajstić information content (AvgIpc) is 2.51. The molecule has 1 fully saturated rings. The Morgan fingerprint density at radius 3 is 2.52 bits per heavy atom. The number of aliphatic hydroxyl groups excluding tert-OH is 1. The molecule has 0 saturated carbocycles. The van der Waals surface area contributed by atoms with Gasteiger partial charge in [-0.25, -0.2) is 4.39 Å². The topological polar surface area (TPSA) is 40.5 Å². The van der Waals surface area contributed by atoms with Gasteiger partial charge in [0, 0.05) is 19.2 Å². The van der Waals surface area contributed by atoms with E-state index in [0.717, 1.165) is 0 Å². The number of carbonyl (C=O) groups excluding carboxylic acids is 1. The van der Waals surface area contributed by atoms with Crippen LogP contribution in [0.5, 0.6) is 0 Å². The Labute approximate surface area is 131 Å². The van der Waals surface area contributed by atoms with Crippen molar-refractivity contribution in [2.45, 2.75) is 25.1 Å². The van der Waals surface area contributed by atoms with Crippen LogP contribution in [0.25, 0.3) is 6.08 Å². The Morgan fingerprint density at radius 2 is 1.96 bits per heavy atom. The van der Waals surface area contributed by atoms with E-state index in [1.165, 1.54) is 35.3 Å². The molecule has 0 radical (unpaired) electrons. The van der Waals surface area contributed by atoms with Crippen molar-refractivity contribution in [1.29, 1.82) is 0 Å². The van der Waals surface area contributed by atoms with Gasteiger partial charge in [-0.3, -0.25) is 4.79 Å². The number of halogens is 4. The van der Waals surface area contributed by atoms with E-state index in [2.05, 4.69) is 0 Å². The first-order chi connectivity index (χ1) is 10.8. The third-order valence-corrected chi connectivity index (χ3v) is 3.90. The van der Waals surface area contributed by atoms with Crippen molar-refractivity contribution >= 4 is 12.0 Å². The zero-order valence-corrected chi connectivity index (χ0v) is 12.3. The standard InChI is InChI=1S/C16H17F4NO2/c17-13-3-1-2-11(10-13)4-5-14(22)21-8-6-12(7-9-21)15(23)16(18,19)20/h1-5,10,12,15,23H,6-9H2/b5-4+. The van der Waals surface area contributed by atoms with E-state index in [1.54, 1.807) is 6.07 Å². The third-order valence-electron chi connectivity index (χ3n) is 3.90. The summed E-state index contributed by atoms with van der Waals surface area (Å²) in [4.78, 5) is 13.4. The molecule has 1 unspecified atom stereocenters. The first kappa shape index (κ1) is 17.5. The normalized spacial score (nSPS) is 18.4. The van der Waals surface area contributed by atoms with Gasteiger partial charge >= 0.3 is 6.18 Å². The van der Waals surface area contributed by atoms with Crippen molar-refractivity contribution in [3.05, 3.63) is 41.7 Å². The van der Waals surface area contributed by atoms with Crippen LogP contribution in [0.3, 0.4) is 0 Å². The largest absolute Gasteiger partial charge is 0.414 e. The molecule has 2 rings (SSSR count). The average molecular weight is 331 g/mol. The maximum absolute atomic E-state index is 13.0. The molecule has 126 valence electrons. The van der Waals surface area contributed by atoms with E-state index in [4.69, 9.17) is 0 Å². The summed E-state index contributed by atoms with van der Waals surface area (Å²) < 4.78 is 50.4. The molecule has 3 nitrogen and oxygen atoms in total. The van der Waals surface area contributed by atoms with Crippen LogP contribution in [0, 0.1) is 11.7 Å². The molecule has 0 spiro atoms. The molecule has 1 aromatic carbocycles. The van der Waals surface area contributed by atoms with Gasteiger partial charge in [0.15, 0.2) is 6.10 Å². The Balaban J connectivity index is 1.89. The second-order valence-corrected chi connectivity index (χ2v) is 5.54. The van der Waals surface area contributed by atoms with Gasteiger partial charge in [0.05, 0.1) is 0 Å². The number of hydrogen-bond donors (Lipinski definition) is 1. The van der Waals surface area contributed by atoms with Gasteiger partial charge in [0.2, 0.25) is 5.91 Å². The molecule has 1 amide bonds. The lowest BCUT2D eigenvalue weighted by atomic mass is 9.91. The van der Waals surface area contributed by atoms with E-state index in [-0.39, 0.29) is 31.8 Å². The monoisotopic (exact) mass is 331 g/mol. The minimum atomic E-state index is -4.63. The molecule has 1 aliphatic heterocycles. The van der Waals surface area contributed by atoms with Gasteiger partial charge < -0.3 is 10.0 Å². The van der Waals surface area contributed by atoms with Crippen LogP contribution in [0.4, 0.5) is 17.6 Å². The van der Waals surface area contributed by atoms with Crippen LogP contribution in [0.1, 0.15) is 18.4 Å². The zero-order chi connectivity index (χ0) is 17.0. The molecule has 1 N–H and O–H groups in total. The van der Waals surface area contributed by atoms with Crippen molar-refractivity contribution < 1.29 is 27.5 Å². The van der Waals surface area contributed by atoms with Gasteiger partial charge in [-0.2, -0.15) is 13.2 Å². The summed E-state index contributed by atoms with van der Waals surface area (Å²) in [6.45, 7) is 0.314. The lowest BCUT2D eigenvalue weighted by Crippen LogP contribution is -2.44. The number of amides is 1. The molecule has 23 heavy (non-hydrogen) atoms. The molecular weight excluding hydrogens is 314 g/mol. The fraction of sp³-hybridized carbons (Fsp3) is 0.438. The number of carbonyl (C=O) groups is 1. The summed E-state index contributed by atoms with van der Waals surface area (Å²) >= 11 is 0. The van der Waals surface area contributed by atoms with Crippen LogP contribution >= 0.6 is 0 Å². The summed E-state index contributed by atoms with van der Waals surface area (Å²) in [6.07, 6.45) is -4.05. The van der Waals surface area contributed by atoms with Crippen LogP contribution in [-0.4, -0.2) is 41.3 Å². The van der Waals surface area contributed by atoms with E-state index < -0.39 is 24.0 Å². The van der Waals surface area contributed by atoms with Crippen molar-refractivity contribution in [2.75, 3.05) is 13.1 Å². The quantitative estimate of drug-likeness (QED) is 0.683.